The Morgan fingerprint density at radius 1 is 1.12 bits per heavy atom. The van der Waals surface area contributed by atoms with Crippen LogP contribution < -0.4 is 10.1 Å². The molecule has 1 aromatic heterocycles. The van der Waals surface area contributed by atoms with Gasteiger partial charge in [0.1, 0.15) is 29.7 Å². The maximum absolute atomic E-state index is 12.1. The van der Waals surface area contributed by atoms with Gasteiger partial charge in [0.2, 0.25) is 0 Å². The van der Waals surface area contributed by atoms with Crippen molar-refractivity contribution in [1.29, 1.82) is 5.26 Å². The van der Waals surface area contributed by atoms with Gasteiger partial charge in [0.05, 0.1) is 5.69 Å². The molecule has 6 nitrogen and oxygen atoms in total. The van der Waals surface area contributed by atoms with Crippen LogP contribution in [0.3, 0.4) is 0 Å². The summed E-state index contributed by atoms with van der Waals surface area (Å²) < 4.78 is 7.70. The zero-order chi connectivity index (χ0) is 23.9. The fourth-order valence-electron chi connectivity index (χ4n) is 3.35. The topological polar surface area (TPSA) is 79.9 Å². The SMILES string of the molecule is CNC(=O)C(C#N)=Cc1cn(-c2ccccc2)nc1-c1cccc(OCc2ccc(Cl)cc2)c1. The highest BCUT2D eigenvalue weighted by Gasteiger charge is 2.15. The third-order valence-electron chi connectivity index (χ3n) is 5.08. The van der Waals surface area contributed by atoms with Gasteiger partial charge in [-0.25, -0.2) is 4.68 Å². The minimum Gasteiger partial charge on any atom is -0.489 e. The number of para-hydroxylation sites is 1. The average Bonchev–Trinajstić information content (AvgIpc) is 3.31. The van der Waals surface area contributed by atoms with Crippen molar-refractivity contribution in [2.45, 2.75) is 6.61 Å². The van der Waals surface area contributed by atoms with Crippen LogP contribution >= 0.6 is 11.6 Å². The molecule has 0 bridgehead atoms. The van der Waals surface area contributed by atoms with Gasteiger partial charge in [-0.15, -0.1) is 0 Å². The quantitative estimate of drug-likeness (QED) is 0.290. The van der Waals surface area contributed by atoms with Crippen LogP contribution in [0, 0.1) is 11.3 Å². The largest absolute Gasteiger partial charge is 0.489 e. The smallest absolute Gasteiger partial charge is 0.261 e. The van der Waals surface area contributed by atoms with Crippen molar-refractivity contribution in [2.75, 3.05) is 7.05 Å². The molecule has 34 heavy (non-hydrogen) atoms. The summed E-state index contributed by atoms with van der Waals surface area (Å²) in [6.45, 7) is 0.390. The van der Waals surface area contributed by atoms with Crippen molar-refractivity contribution >= 4 is 23.6 Å². The van der Waals surface area contributed by atoms with Gasteiger partial charge in [-0.2, -0.15) is 10.4 Å². The molecule has 4 aromatic rings. The Balaban J connectivity index is 1.71. The molecule has 168 valence electrons. The number of amides is 1. The summed E-state index contributed by atoms with van der Waals surface area (Å²) in [6.07, 6.45) is 3.34. The maximum Gasteiger partial charge on any atom is 0.261 e. The van der Waals surface area contributed by atoms with E-state index in [-0.39, 0.29) is 5.57 Å². The van der Waals surface area contributed by atoms with Gasteiger partial charge in [0.25, 0.3) is 5.91 Å². The normalized spacial score (nSPS) is 11.0. The first-order valence-corrected chi connectivity index (χ1v) is 10.9. The van der Waals surface area contributed by atoms with Crippen molar-refractivity contribution in [3.05, 3.63) is 107 Å². The molecular weight excluding hydrogens is 448 g/mol. The molecule has 4 rings (SSSR count). The number of hydrogen-bond donors (Lipinski definition) is 1. The number of nitrogens with zero attached hydrogens (tertiary/aromatic N) is 3. The summed E-state index contributed by atoms with van der Waals surface area (Å²) in [4.78, 5) is 12.1. The molecule has 0 aliphatic heterocycles. The van der Waals surface area contributed by atoms with Gasteiger partial charge in [-0.05, 0) is 48.0 Å². The Morgan fingerprint density at radius 3 is 2.59 bits per heavy atom. The molecule has 0 saturated heterocycles. The first kappa shape index (κ1) is 22.8. The van der Waals surface area contributed by atoms with E-state index in [0.717, 1.165) is 16.8 Å². The Kier molecular flexibility index (Phi) is 7.07. The molecule has 3 aromatic carbocycles. The number of nitrogens with one attached hydrogen (secondary N) is 1. The lowest BCUT2D eigenvalue weighted by Gasteiger charge is -2.08. The fourth-order valence-corrected chi connectivity index (χ4v) is 3.48. The van der Waals surface area contributed by atoms with E-state index < -0.39 is 5.91 Å². The van der Waals surface area contributed by atoms with Gasteiger partial charge >= 0.3 is 0 Å². The van der Waals surface area contributed by atoms with Gasteiger partial charge < -0.3 is 10.1 Å². The summed E-state index contributed by atoms with van der Waals surface area (Å²) in [6, 6.07) is 26.6. The number of ether oxygens (including phenoxy) is 1. The molecular formula is C27H21ClN4O2. The second-order valence-corrected chi connectivity index (χ2v) is 7.84. The summed E-state index contributed by atoms with van der Waals surface area (Å²) in [5, 5.41) is 17.4. The fraction of sp³-hybridized carbons (Fsp3) is 0.0741. The average molecular weight is 469 g/mol. The molecule has 0 spiro atoms. The molecule has 0 fully saturated rings. The molecule has 0 aliphatic rings. The lowest BCUT2D eigenvalue weighted by atomic mass is 10.1. The minimum atomic E-state index is -0.457. The summed E-state index contributed by atoms with van der Waals surface area (Å²) in [7, 11) is 1.49. The number of likely N-dealkylation sites (N-methyl/N-ethyl adjacent to an activating group) is 1. The summed E-state index contributed by atoms with van der Waals surface area (Å²) in [5.74, 6) is 0.212. The maximum atomic E-state index is 12.1. The summed E-state index contributed by atoms with van der Waals surface area (Å²) in [5.41, 5.74) is 3.90. The molecule has 7 heteroatoms. The molecule has 1 N–H and O–H groups in total. The number of halogens is 1. The Hall–Kier alpha value is -4.34. The van der Waals surface area contributed by atoms with Crippen LogP contribution in [0.2, 0.25) is 5.02 Å². The van der Waals surface area contributed by atoms with Crippen LogP contribution in [0.15, 0.2) is 90.6 Å². The minimum absolute atomic E-state index is 0.00787. The molecule has 1 amide bonds. The van der Waals surface area contributed by atoms with Crippen LogP contribution in [-0.2, 0) is 11.4 Å². The zero-order valence-corrected chi connectivity index (χ0v) is 19.2. The lowest BCUT2D eigenvalue weighted by Crippen LogP contribution is -2.19. The van der Waals surface area contributed by atoms with Crippen LogP contribution in [0.25, 0.3) is 23.0 Å². The van der Waals surface area contributed by atoms with E-state index >= 15 is 0 Å². The Morgan fingerprint density at radius 2 is 1.88 bits per heavy atom. The summed E-state index contributed by atoms with van der Waals surface area (Å²) >= 11 is 5.95. The number of carbonyl (C=O) groups excluding carboxylic acids is 1. The van der Waals surface area contributed by atoms with Crippen LogP contribution in [-0.4, -0.2) is 22.7 Å². The first-order valence-electron chi connectivity index (χ1n) is 10.5. The molecule has 0 aliphatic carbocycles. The standard InChI is InChI=1S/C27H21ClN4O2/c1-30-27(33)21(16-29)14-22-17-32(24-7-3-2-4-8-24)31-26(22)20-6-5-9-25(15-20)34-18-19-10-12-23(28)13-11-19/h2-15,17H,18H2,1H3,(H,30,33). The van der Waals surface area contributed by atoms with E-state index in [4.69, 9.17) is 21.4 Å². The highest BCUT2D eigenvalue weighted by Crippen LogP contribution is 2.29. The lowest BCUT2D eigenvalue weighted by molar-refractivity contribution is -0.116. The predicted molar refractivity (Wildman–Crippen MR) is 132 cm³/mol. The zero-order valence-electron chi connectivity index (χ0n) is 18.4. The molecule has 0 radical (unpaired) electrons. The van der Waals surface area contributed by atoms with Crippen molar-refractivity contribution < 1.29 is 9.53 Å². The van der Waals surface area contributed by atoms with E-state index in [1.807, 2.05) is 84.9 Å². The van der Waals surface area contributed by atoms with Crippen molar-refractivity contribution in [1.82, 2.24) is 15.1 Å². The van der Waals surface area contributed by atoms with Crippen LogP contribution in [0.1, 0.15) is 11.1 Å². The highest BCUT2D eigenvalue weighted by atomic mass is 35.5. The number of nitriles is 1. The van der Waals surface area contributed by atoms with Crippen molar-refractivity contribution in [3.63, 3.8) is 0 Å². The number of aromatic nitrogens is 2. The highest BCUT2D eigenvalue weighted by molar-refractivity contribution is 6.30. The number of carbonyl (C=O) groups is 1. The second kappa shape index (κ2) is 10.5. The Labute approximate surface area is 202 Å². The van der Waals surface area contributed by atoms with Gasteiger partial charge in [0.15, 0.2) is 0 Å². The molecule has 0 atom stereocenters. The third-order valence-corrected chi connectivity index (χ3v) is 5.33. The monoisotopic (exact) mass is 468 g/mol. The van der Waals surface area contributed by atoms with Crippen molar-refractivity contribution in [2.24, 2.45) is 0 Å². The third kappa shape index (κ3) is 5.34. The van der Waals surface area contributed by atoms with Crippen LogP contribution in [0.5, 0.6) is 5.75 Å². The Bertz CT molecular complexity index is 1370. The second-order valence-electron chi connectivity index (χ2n) is 7.41. The molecule has 0 unspecified atom stereocenters. The van der Waals surface area contributed by atoms with E-state index in [0.29, 0.717) is 28.6 Å². The van der Waals surface area contributed by atoms with Crippen molar-refractivity contribution in [3.8, 4) is 28.8 Å². The van der Waals surface area contributed by atoms with Gasteiger partial charge in [-0.1, -0.05) is 54.1 Å². The van der Waals surface area contributed by atoms with Gasteiger partial charge in [0, 0.05) is 29.4 Å². The molecule has 0 saturated carbocycles. The molecule has 1 heterocycles. The van der Waals surface area contributed by atoms with E-state index in [1.165, 1.54) is 7.05 Å². The predicted octanol–water partition coefficient (Wildman–Crippen LogP) is 5.42. The first-order chi connectivity index (χ1) is 16.6. The van der Waals surface area contributed by atoms with Crippen LogP contribution in [0.4, 0.5) is 0 Å². The number of benzene rings is 3. The van der Waals surface area contributed by atoms with E-state index in [2.05, 4.69) is 5.32 Å². The van der Waals surface area contributed by atoms with E-state index in [9.17, 15) is 10.1 Å². The number of hydrogen-bond acceptors (Lipinski definition) is 4. The van der Waals surface area contributed by atoms with Gasteiger partial charge in [-0.3, -0.25) is 4.79 Å². The van der Waals surface area contributed by atoms with E-state index in [1.54, 1.807) is 17.0 Å². The number of rotatable bonds is 7.